The molecule has 0 bridgehead atoms. The molecule has 0 aliphatic heterocycles. The first-order valence-corrected chi connectivity index (χ1v) is 8.04. The number of rotatable bonds is 3. The first kappa shape index (κ1) is 12.5. The van der Waals surface area contributed by atoms with Gasteiger partial charge < -0.3 is 0 Å². The number of allylic oxidation sites excluding steroid dienone is 4. The molecule has 4 rings (SSSR count). The van der Waals surface area contributed by atoms with Crippen LogP contribution >= 0.6 is 11.3 Å². The average molecular weight is 289 g/mol. The zero-order valence-electron chi connectivity index (χ0n) is 11.5. The van der Waals surface area contributed by atoms with E-state index in [4.69, 9.17) is 4.98 Å². The van der Waals surface area contributed by atoms with Crippen LogP contribution in [-0.2, 0) is 0 Å². The van der Waals surface area contributed by atoms with Crippen LogP contribution in [0.5, 0.6) is 0 Å². The first-order chi connectivity index (χ1) is 10.4. The third kappa shape index (κ3) is 2.32. The van der Waals surface area contributed by atoms with E-state index in [1.165, 1.54) is 10.3 Å². The van der Waals surface area contributed by atoms with Crippen LogP contribution in [0.3, 0.4) is 0 Å². The molecule has 1 aromatic carbocycles. The third-order valence-electron chi connectivity index (χ3n) is 3.95. The van der Waals surface area contributed by atoms with Crippen LogP contribution in [-0.4, -0.2) is 4.98 Å². The van der Waals surface area contributed by atoms with Crippen LogP contribution in [0.25, 0.3) is 10.9 Å². The molecular formula is C19H15NS. The highest BCUT2D eigenvalue weighted by Gasteiger charge is 2.24. The quantitative estimate of drug-likeness (QED) is 0.648. The average Bonchev–Trinajstić information content (AvgIpc) is 3.21. The van der Waals surface area contributed by atoms with Gasteiger partial charge in [-0.15, -0.1) is 11.3 Å². The first-order valence-electron chi connectivity index (χ1n) is 7.16. The van der Waals surface area contributed by atoms with Crippen molar-refractivity contribution in [1.82, 2.24) is 4.98 Å². The summed E-state index contributed by atoms with van der Waals surface area (Å²) in [6.45, 7) is 0. The molecule has 0 saturated heterocycles. The Morgan fingerprint density at radius 2 is 1.76 bits per heavy atom. The lowest BCUT2D eigenvalue weighted by Crippen LogP contribution is -2.10. The molecule has 2 heterocycles. The summed E-state index contributed by atoms with van der Waals surface area (Å²) in [4.78, 5) is 6.29. The Kier molecular flexibility index (Phi) is 3.17. The van der Waals surface area contributed by atoms with Gasteiger partial charge in [0.1, 0.15) is 0 Å². The molecule has 1 aliphatic rings. The zero-order chi connectivity index (χ0) is 14.1. The highest BCUT2D eigenvalue weighted by molar-refractivity contribution is 7.10. The molecule has 1 unspecified atom stereocenters. The van der Waals surface area contributed by atoms with Crippen molar-refractivity contribution in [3.8, 4) is 0 Å². The third-order valence-corrected chi connectivity index (χ3v) is 4.91. The van der Waals surface area contributed by atoms with Gasteiger partial charge in [-0.3, -0.25) is 4.98 Å². The van der Waals surface area contributed by atoms with E-state index in [0.717, 1.165) is 11.2 Å². The maximum Gasteiger partial charge on any atom is 0.0705 e. The van der Waals surface area contributed by atoms with Crippen molar-refractivity contribution in [3.63, 3.8) is 0 Å². The smallest absolute Gasteiger partial charge is 0.0705 e. The SMILES string of the molecule is C1=CC(C(c2ccc3ccccc3n2)c2cccs2)C=C1. The number of fused-ring (bicyclic) bond motifs is 1. The van der Waals surface area contributed by atoms with Crippen LogP contribution < -0.4 is 0 Å². The van der Waals surface area contributed by atoms with E-state index >= 15 is 0 Å². The van der Waals surface area contributed by atoms with Gasteiger partial charge in [0.15, 0.2) is 0 Å². The number of para-hydroxylation sites is 1. The molecule has 2 heteroatoms. The maximum atomic E-state index is 4.92. The van der Waals surface area contributed by atoms with Crippen molar-refractivity contribution >= 4 is 22.2 Å². The summed E-state index contributed by atoms with van der Waals surface area (Å²) in [6.07, 6.45) is 8.79. The van der Waals surface area contributed by atoms with Crippen molar-refractivity contribution in [2.75, 3.05) is 0 Å². The molecule has 2 aromatic heterocycles. The van der Waals surface area contributed by atoms with E-state index in [0.29, 0.717) is 11.8 Å². The van der Waals surface area contributed by atoms with Crippen molar-refractivity contribution in [2.45, 2.75) is 5.92 Å². The molecule has 0 saturated carbocycles. The number of nitrogens with zero attached hydrogens (tertiary/aromatic N) is 1. The highest BCUT2D eigenvalue weighted by Crippen LogP contribution is 2.37. The number of benzene rings is 1. The second-order valence-corrected chi connectivity index (χ2v) is 6.25. The summed E-state index contributed by atoms with van der Waals surface area (Å²) in [5.41, 5.74) is 2.22. The van der Waals surface area contributed by atoms with Crippen LogP contribution in [0, 0.1) is 5.92 Å². The van der Waals surface area contributed by atoms with Gasteiger partial charge in [0.05, 0.1) is 11.2 Å². The van der Waals surface area contributed by atoms with E-state index in [2.05, 4.69) is 78.2 Å². The van der Waals surface area contributed by atoms with Gasteiger partial charge in [-0.05, 0) is 23.6 Å². The molecule has 1 aliphatic carbocycles. The van der Waals surface area contributed by atoms with Gasteiger partial charge >= 0.3 is 0 Å². The molecule has 0 radical (unpaired) electrons. The second-order valence-electron chi connectivity index (χ2n) is 5.27. The van der Waals surface area contributed by atoms with Gasteiger partial charge in [0, 0.05) is 22.1 Å². The summed E-state index contributed by atoms with van der Waals surface area (Å²) in [6, 6.07) is 17.0. The Morgan fingerprint density at radius 1 is 0.905 bits per heavy atom. The number of hydrogen-bond acceptors (Lipinski definition) is 2. The minimum Gasteiger partial charge on any atom is -0.252 e. The lowest BCUT2D eigenvalue weighted by Gasteiger charge is -2.20. The number of pyridine rings is 1. The van der Waals surface area contributed by atoms with Crippen molar-refractivity contribution < 1.29 is 0 Å². The molecule has 0 amide bonds. The normalized spacial score (nSPS) is 15.8. The summed E-state index contributed by atoms with van der Waals surface area (Å²) in [5.74, 6) is 0.710. The monoisotopic (exact) mass is 289 g/mol. The number of hydrogen-bond donors (Lipinski definition) is 0. The molecule has 1 nitrogen and oxygen atoms in total. The second kappa shape index (κ2) is 5.30. The molecular weight excluding hydrogens is 274 g/mol. The lowest BCUT2D eigenvalue weighted by molar-refractivity contribution is 0.686. The Morgan fingerprint density at radius 3 is 2.57 bits per heavy atom. The van der Waals surface area contributed by atoms with E-state index < -0.39 is 0 Å². The topological polar surface area (TPSA) is 12.9 Å². The van der Waals surface area contributed by atoms with E-state index in [1.54, 1.807) is 0 Å². The van der Waals surface area contributed by atoms with Crippen LogP contribution in [0.4, 0.5) is 0 Å². The zero-order valence-corrected chi connectivity index (χ0v) is 12.3. The molecule has 21 heavy (non-hydrogen) atoms. The molecule has 0 spiro atoms. The van der Waals surface area contributed by atoms with Gasteiger partial charge in [-0.1, -0.05) is 54.6 Å². The Labute approximate surface area is 128 Å². The fourth-order valence-electron chi connectivity index (χ4n) is 2.93. The summed E-state index contributed by atoms with van der Waals surface area (Å²) >= 11 is 1.81. The van der Waals surface area contributed by atoms with Gasteiger partial charge in [0.25, 0.3) is 0 Å². The standard InChI is InChI=1S/C19H15NS/c1-2-8-15(7-1)19(18-10-5-13-21-18)17-12-11-14-6-3-4-9-16(14)20-17/h1-13,15,19H. The fourth-order valence-corrected chi connectivity index (χ4v) is 3.82. The Balaban J connectivity index is 1.84. The van der Waals surface area contributed by atoms with Gasteiger partial charge in [0.2, 0.25) is 0 Å². The van der Waals surface area contributed by atoms with Crippen molar-refractivity contribution in [1.29, 1.82) is 0 Å². The molecule has 0 fully saturated rings. The Hall–Kier alpha value is -2.19. The summed E-state index contributed by atoms with van der Waals surface area (Å²) < 4.78 is 0. The minimum atomic E-state index is 0.310. The number of aromatic nitrogens is 1. The minimum absolute atomic E-state index is 0.310. The lowest BCUT2D eigenvalue weighted by atomic mass is 9.88. The molecule has 102 valence electrons. The van der Waals surface area contributed by atoms with Crippen molar-refractivity contribution in [3.05, 3.63) is 88.8 Å². The van der Waals surface area contributed by atoms with Crippen molar-refractivity contribution in [2.24, 2.45) is 5.92 Å². The molecule has 0 N–H and O–H groups in total. The van der Waals surface area contributed by atoms with E-state index in [-0.39, 0.29) is 0 Å². The van der Waals surface area contributed by atoms with Crippen LogP contribution in [0.1, 0.15) is 16.5 Å². The number of thiophene rings is 1. The largest absolute Gasteiger partial charge is 0.252 e. The van der Waals surface area contributed by atoms with Crippen LogP contribution in [0.2, 0.25) is 0 Å². The fraction of sp³-hybridized carbons (Fsp3) is 0.105. The maximum absolute atomic E-state index is 4.92. The predicted molar refractivity (Wildman–Crippen MR) is 89.7 cm³/mol. The highest BCUT2D eigenvalue weighted by atomic mass is 32.1. The summed E-state index contributed by atoms with van der Waals surface area (Å²) in [7, 11) is 0. The predicted octanol–water partition coefficient (Wildman–Crippen LogP) is 5.17. The van der Waals surface area contributed by atoms with E-state index in [1.807, 2.05) is 11.3 Å². The van der Waals surface area contributed by atoms with E-state index in [9.17, 15) is 0 Å². The molecule has 3 aromatic rings. The van der Waals surface area contributed by atoms with Crippen LogP contribution in [0.15, 0.2) is 78.2 Å². The molecule has 1 atom stereocenters. The Bertz CT molecular complexity index is 802. The van der Waals surface area contributed by atoms with Gasteiger partial charge in [-0.2, -0.15) is 0 Å². The summed E-state index contributed by atoms with van der Waals surface area (Å²) in [5, 5.41) is 3.34. The van der Waals surface area contributed by atoms with Gasteiger partial charge in [-0.25, -0.2) is 0 Å².